The molecule has 1 amide bonds. The topological polar surface area (TPSA) is 38.3 Å². The molecule has 0 aliphatic heterocycles. The van der Waals surface area contributed by atoms with Crippen LogP contribution in [0, 0.1) is 0 Å². The lowest BCUT2D eigenvalue weighted by Crippen LogP contribution is -2.16. The number of anilines is 1. The zero-order valence-electron chi connectivity index (χ0n) is 11.7. The van der Waals surface area contributed by atoms with E-state index < -0.39 is 17.6 Å². The van der Waals surface area contributed by atoms with E-state index in [4.69, 9.17) is 27.9 Å². The Morgan fingerprint density at radius 2 is 1.70 bits per heavy atom. The normalized spacial score (nSPS) is 11.2. The van der Waals surface area contributed by atoms with Crippen LogP contribution in [0.25, 0.3) is 0 Å². The molecule has 2 aromatic carbocycles. The van der Waals surface area contributed by atoms with E-state index in [1.54, 1.807) is 0 Å². The summed E-state index contributed by atoms with van der Waals surface area (Å²) in [5.41, 5.74) is -1.29. The molecule has 3 nitrogen and oxygen atoms in total. The zero-order valence-corrected chi connectivity index (χ0v) is 13.2. The van der Waals surface area contributed by atoms with Crippen molar-refractivity contribution in [3.8, 4) is 5.75 Å². The molecule has 0 saturated carbocycles. The SMILES string of the molecule is COc1c(Cl)cc(C(=O)Nc2ccccc2C(F)(F)F)cc1Cl. The third kappa shape index (κ3) is 3.89. The standard InChI is InChI=1S/C15H10Cl2F3NO2/c1-23-13-10(16)6-8(7-11(13)17)14(22)21-12-5-3-2-4-9(12)15(18,19)20/h2-7H,1H3,(H,21,22). The molecule has 122 valence electrons. The minimum Gasteiger partial charge on any atom is -0.494 e. The largest absolute Gasteiger partial charge is 0.494 e. The second-order valence-electron chi connectivity index (χ2n) is 4.47. The highest BCUT2D eigenvalue weighted by molar-refractivity contribution is 6.37. The summed E-state index contributed by atoms with van der Waals surface area (Å²) < 4.78 is 43.7. The van der Waals surface area contributed by atoms with Gasteiger partial charge < -0.3 is 10.1 Å². The van der Waals surface area contributed by atoms with Crippen molar-refractivity contribution in [2.45, 2.75) is 6.18 Å². The molecular formula is C15H10Cl2F3NO2. The van der Waals surface area contributed by atoms with Gasteiger partial charge in [0.05, 0.1) is 28.4 Å². The van der Waals surface area contributed by atoms with E-state index in [0.29, 0.717) is 0 Å². The molecule has 2 rings (SSSR count). The van der Waals surface area contributed by atoms with Crippen molar-refractivity contribution in [1.29, 1.82) is 0 Å². The van der Waals surface area contributed by atoms with E-state index in [9.17, 15) is 18.0 Å². The summed E-state index contributed by atoms with van der Waals surface area (Å²) in [6.45, 7) is 0. The molecule has 0 unspecified atom stereocenters. The third-order valence-electron chi connectivity index (χ3n) is 2.95. The maximum atomic E-state index is 12.9. The van der Waals surface area contributed by atoms with Gasteiger partial charge >= 0.3 is 6.18 Å². The van der Waals surface area contributed by atoms with Crippen LogP contribution in [0.2, 0.25) is 10.0 Å². The quantitative estimate of drug-likeness (QED) is 0.806. The second-order valence-corrected chi connectivity index (χ2v) is 5.29. The summed E-state index contributed by atoms with van der Waals surface area (Å²) in [6, 6.07) is 7.19. The van der Waals surface area contributed by atoms with Crippen LogP contribution < -0.4 is 10.1 Å². The molecule has 2 aromatic rings. The predicted octanol–water partition coefficient (Wildman–Crippen LogP) is 5.27. The van der Waals surface area contributed by atoms with Crippen molar-refractivity contribution in [2.24, 2.45) is 0 Å². The van der Waals surface area contributed by atoms with Crippen LogP contribution >= 0.6 is 23.2 Å². The lowest BCUT2D eigenvalue weighted by molar-refractivity contribution is -0.136. The number of carbonyl (C=O) groups is 1. The Balaban J connectivity index is 2.34. The van der Waals surface area contributed by atoms with Gasteiger partial charge in [-0.3, -0.25) is 4.79 Å². The Labute approximate surface area is 140 Å². The number of methoxy groups -OCH3 is 1. The average Bonchev–Trinajstić information content (AvgIpc) is 2.46. The molecule has 0 aliphatic carbocycles. The first-order valence-electron chi connectivity index (χ1n) is 6.24. The fourth-order valence-electron chi connectivity index (χ4n) is 1.92. The molecule has 23 heavy (non-hydrogen) atoms. The van der Waals surface area contributed by atoms with Crippen LogP contribution in [0.1, 0.15) is 15.9 Å². The van der Waals surface area contributed by atoms with Crippen molar-refractivity contribution in [3.05, 3.63) is 57.6 Å². The molecule has 0 spiro atoms. The monoisotopic (exact) mass is 363 g/mol. The van der Waals surface area contributed by atoms with Crippen molar-refractivity contribution in [1.82, 2.24) is 0 Å². The van der Waals surface area contributed by atoms with Crippen LogP contribution in [0.5, 0.6) is 5.75 Å². The summed E-state index contributed by atoms with van der Waals surface area (Å²) >= 11 is 11.8. The molecular weight excluding hydrogens is 354 g/mol. The van der Waals surface area contributed by atoms with Crippen molar-refractivity contribution >= 4 is 34.8 Å². The van der Waals surface area contributed by atoms with Gasteiger partial charge in [-0.05, 0) is 24.3 Å². The summed E-state index contributed by atoms with van der Waals surface area (Å²) in [6.07, 6.45) is -4.58. The molecule has 0 saturated heterocycles. The van der Waals surface area contributed by atoms with E-state index in [-0.39, 0.29) is 27.0 Å². The van der Waals surface area contributed by atoms with Crippen molar-refractivity contribution < 1.29 is 22.7 Å². The Kier molecular flexibility index (Phi) is 5.06. The minimum absolute atomic E-state index is 0.0118. The van der Waals surface area contributed by atoms with E-state index in [1.165, 1.54) is 31.4 Å². The lowest BCUT2D eigenvalue weighted by atomic mass is 10.1. The first-order valence-corrected chi connectivity index (χ1v) is 7.00. The van der Waals surface area contributed by atoms with Gasteiger partial charge in [-0.1, -0.05) is 35.3 Å². The number of para-hydroxylation sites is 1. The molecule has 0 heterocycles. The highest BCUT2D eigenvalue weighted by Crippen LogP contribution is 2.36. The highest BCUT2D eigenvalue weighted by Gasteiger charge is 2.33. The molecule has 1 N–H and O–H groups in total. The number of hydrogen-bond acceptors (Lipinski definition) is 2. The van der Waals surface area contributed by atoms with Gasteiger partial charge in [0.25, 0.3) is 5.91 Å². The maximum absolute atomic E-state index is 12.9. The number of benzene rings is 2. The number of halogens is 5. The molecule has 0 radical (unpaired) electrons. The van der Waals surface area contributed by atoms with Gasteiger partial charge in [0.1, 0.15) is 0 Å². The van der Waals surface area contributed by atoms with Gasteiger partial charge in [-0.2, -0.15) is 13.2 Å². The van der Waals surface area contributed by atoms with Crippen molar-refractivity contribution in [2.75, 3.05) is 12.4 Å². The number of amides is 1. The first-order chi connectivity index (χ1) is 10.7. The fourth-order valence-corrected chi connectivity index (χ4v) is 2.56. The summed E-state index contributed by atoms with van der Waals surface area (Å²) in [5, 5.41) is 2.36. The predicted molar refractivity (Wildman–Crippen MR) is 82.4 cm³/mol. The molecule has 0 fully saturated rings. The second kappa shape index (κ2) is 6.68. The number of carbonyl (C=O) groups excluding carboxylic acids is 1. The summed E-state index contributed by atoms with van der Waals surface area (Å²) in [4.78, 5) is 12.2. The van der Waals surface area contributed by atoms with Gasteiger partial charge in [-0.25, -0.2) is 0 Å². The fraction of sp³-hybridized carbons (Fsp3) is 0.133. The van der Waals surface area contributed by atoms with E-state index in [0.717, 1.165) is 12.1 Å². The minimum atomic E-state index is -4.58. The Hall–Kier alpha value is -1.92. The van der Waals surface area contributed by atoms with E-state index in [2.05, 4.69) is 5.32 Å². The van der Waals surface area contributed by atoms with Crippen LogP contribution in [0.3, 0.4) is 0 Å². The smallest absolute Gasteiger partial charge is 0.418 e. The first kappa shape index (κ1) is 17.4. The average molecular weight is 364 g/mol. The molecule has 8 heteroatoms. The Bertz CT molecular complexity index is 725. The van der Waals surface area contributed by atoms with E-state index in [1.807, 2.05) is 0 Å². The summed E-state index contributed by atoms with van der Waals surface area (Å²) in [7, 11) is 1.35. The van der Waals surface area contributed by atoms with Gasteiger partial charge in [0.2, 0.25) is 0 Å². The molecule has 0 aliphatic rings. The maximum Gasteiger partial charge on any atom is 0.418 e. The molecule has 0 bridgehead atoms. The van der Waals surface area contributed by atoms with Gasteiger partial charge in [0.15, 0.2) is 5.75 Å². The van der Waals surface area contributed by atoms with Crippen LogP contribution in [-0.2, 0) is 6.18 Å². The lowest BCUT2D eigenvalue weighted by Gasteiger charge is -2.14. The third-order valence-corrected chi connectivity index (χ3v) is 3.51. The van der Waals surface area contributed by atoms with E-state index >= 15 is 0 Å². The number of alkyl halides is 3. The van der Waals surface area contributed by atoms with Gasteiger partial charge in [-0.15, -0.1) is 0 Å². The van der Waals surface area contributed by atoms with Gasteiger partial charge in [0, 0.05) is 5.56 Å². The number of rotatable bonds is 3. The highest BCUT2D eigenvalue weighted by atomic mass is 35.5. The van der Waals surface area contributed by atoms with Crippen molar-refractivity contribution in [3.63, 3.8) is 0 Å². The molecule has 0 atom stereocenters. The van der Waals surface area contributed by atoms with Crippen LogP contribution in [-0.4, -0.2) is 13.0 Å². The van der Waals surface area contributed by atoms with Crippen LogP contribution in [0.4, 0.5) is 18.9 Å². The van der Waals surface area contributed by atoms with Crippen LogP contribution in [0.15, 0.2) is 36.4 Å². The summed E-state index contributed by atoms with van der Waals surface area (Å²) in [5.74, 6) is -0.589. The number of ether oxygens (including phenoxy) is 1. The number of nitrogens with one attached hydrogen (secondary N) is 1. The number of hydrogen-bond donors (Lipinski definition) is 1. The molecule has 0 aromatic heterocycles. The zero-order chi connectivity index (χ0) is 17.2. The Morgan fingerprint density at radius 3 is 2.22 bits per heavy atom. The Morgan fingerprint density at radius 1 is 1.13 bits per heavy atom.